The van der Waals surface area contributed by atoms with Crippen molar-refractivity contribution in [2.75, 3.05) is 7.11 Å². The first-order valence-electron chi connectivity index (χ1n) is 3.44. The summed E-state index contributed by atoms with van der Waals surface area (Å²) in [5, 5.41) is 0.489. The minimum atomic E-state index is -0.489. The first kappa shape index (κ1) is 12.0. The number of nitrogens with zero attached hydrogens (tertiary/aromatic N) is 1. The van der Waals surface area contributed by atoms with E-state index in [2.05, 4.69) is 4.74 Å². The van der Waals surface area contributed by atoms with Gasteiger partial charge in [0.25, 0.3) is 0 Å². The zero-order valence-electron chi connectivity index (χ0n) is 6.98. The van der Waals surface area contributed by atoms with Gasteiger partial charge in [0.15, 0.2) is 0 Å². The first-order valence-corrected chi connectivity index (χ1v) is 4.95. The van der Waals surface area contributed by atoms with Crippen LogP contribution in [0.15, 0.2) is 0 Å². The summed E-state index contributed by atoms with van der Waals surface area (Å²) in [7, 11) is 1.26. The van der Waals surface area contributed by atoms with Gasteiger partial charge in [-0.15, -0.1) is 0 Å². The summed E-state index contributed by atoms with van der Waals surface area (Å²) in [6.45, 7) is -0.124. The maximum atomic E-state index is 11.0. The quantitative estimate of drug-likeness (QED) is 0.777. The summed E-state index contributed by atoms with van der Waals surface area (Å²) >= 11 is 23.0. The Labute approximate surface area is 100 Å². The third kappa shape index (κ3) is 2.11. The molecule has 0 aromatic carbocycles. The molecule has 1 heterocycles. The Morgan fingerprint density at radius 1 is 1.21 bits per heavy atom. The zero-order valence-corrected chi connectivity index (χ0v) is 10.0. The monoisotopic (exact) mass is 275 g/mol. The maximum absolute atomic E-state index is 11.0. The molecule has 0 saturated carbocycles. The Kier molecular flexibility index (Phi) is 3.95. The van der Waals surface area contributed by atoms with Crippen LogP contribution in [-0.4, -0.2) is 17.6 Å². The van der Waals surface area contributed by atoms with Crippen LogP contribution >= 0.6 is 46.4 Å². The highest BCUT2D eigenvalue weighted by atomic mass is 35.5. The Morgan fingerprint density at radius 2 is 1.64 bits per heavy atom. The van der Waals surface area contributed by atoms with E-state index < -0.39 is 5.97 Å². The van der Waals surface area contributed by atoms with Crippen molar-refractivity contribution in [3.63, 3.8) is 0 Å². The number of hydrogen-bond acceptors (Lipinski definition) is 2. The second-order valence-electron chi connectivity index (χ2n) is 2.37. The number of ether oxygens (including phenoxy) is 1. The molecular formula is C7H5Cl4NO2. The molecular weight excluding hydrogens is 272 g/mol. The summed E-state index contributed by atoms with van der Waals surface area (Å²) in [6, 6.07) is 0. The minimum absolute atomic E-state index is 0.118. The summed E-state index contributed by atoms with van der Waals surface area (Å²) in [4.78, 5) is 11.0. The van der Waals surface area contributed by atoms with Gasteiger partial charge in [-0.25, -0.2) is 0 Å². The summed E-state index contributed by atoms with van der Waals surface area (Å²) in [6.07, 6.45) is 0. The summed E-state index contributed by atoms with van der Waals surface area (Å²) < 4.78 is 5.71. The lowest BCUT2D eigenvalue weighted by Gasteiger charge is -2.04. The van der Waals surface area contributed by atoms with Crippen LogP contribution < -0.4 is 0 Å². The van der Waals surface area contributed by atoms with E-state index in [0.717, 1.165) is 0 Å². The van der Waals surface area contributed by atoms with Crippen molar-refractivity contribution in [3.8, 4) is 0 Å². The van der Waals surface area contributed by atoms with E-state index in [4.69, 9.17) is 46.4 Å². The lowest BCUT2D eigenvalue weighted by molar-refractivity contribution is -0.141. The summed E-state index contributed by atoms with van der Waals surface area (Å²) in [5.41, 5.74) is 0. The zero-order chi connectivity index (χ0) is 10.9. The molecule has 1 aromatic heterocycles. The van der Waals surface area contributed by atoms with Crippen LogP contribution in [0.25, 0.3) is 0 Å². The Morgan fingerprint density at radius 3 is 2.00 bits per heavy atom. The van der Waals surface area contributed by atoms with Gasteiger partial charge in [0.05, 0.1) is 17.2 Å². The van der Waals surface area contributed by atoms with E-state index in [1.165, 1.54) is 11.7 Å². The molecule has 0 N–H and O–H groups in total. The van der Waals surface area contributed by atoms with Crippen LogP contribution in [0.3, 0.4) is 0 Å². The standard InChI is InChI=1S/C7H5Cl4NO2/c1-14-3(13)2-12-6(10)4(8)5(9)7(12)11/h2H2,1H3. The molecule has 3 nitrogen and oxygen atoms in total. The van der Waals surface area contributed by atoms with Crippen molar-refractivity contribution in [1.82, 2.24) is 4.57 Å². The second-order valence-corrected chi connectivity index (χ2v) is 3.84. The van der Waals surface area contributed by atoms with Gasteiger partial charge in [-0.05, 0) is 0 Å². The Balaban J connectivity index is 3.09. The van der Waals surface area contributed by atoms with Gasteiger partial charge in [0.2, 0.25) is 0 Å². The molecule has 0 atom stereocenters. The summed E-state index contributed by atoms with van der Waals surface area (Å²) in [5.74, 6) is -0.489. The van der Waals surface area contributed by atoms with Crippen molar-refractivity contribution in [2.45, 2.75) is 6.54 Å². The molecule has 0 unspecified atom stereocenters. The largest absolute Gasteiger partial charge is 0.468 e. The van der Waals surface area contributed by atoms with Crippen molar-refractivity contribution < 1.29 is 9.53 Å². The fraction of sp³-hybridized carbons (Fsp3) is 0.286. The van der Waals surface area contributed by atoms with Crippen molar-refractivity contribution in [2.24, 2.45) is 0 Å². The molecule has 0 saturated heterocycles. The number of aromatic nitrogens is 1. The van der Waals surface area contributed by atoms with Gasteiger partial charge < -0.3 is 9.30 Å². The molecule has 0 aliphatic rings. The smallest absolute Gasteiger partial charge is 0.325 e. The van der Waals surface area contributed by atoms with E-state index in [-0.39, 0.29) is 26.9 Å². The van der Waals surface area contributed by atoms with E-state index in [0.29, 0.717) is 0 Å². The highest BCUT2D eigenvalue weighted by molar-refractivity contribution is 6.52. The third-order valence-electron chi connectivity index (χ3n) is 1.54. The first-order chi connectivity index (χ1) is 6.49. The van der Waals surface area contributed by atoms with Gasteiger partial charge in [0.1, 0.15) is 16.9 Å². The fourth-order valence-corrected chi connectivity index (χ4v) is 1.84. The lowest BCUT2D eigenvalue weighted by Crippen LogP contribution is -2.11. The lowest BCUT2D eigenvalue weighted by atomic mass is 10.6. The van der Waals surface area contributed by atoms with Crippen LogP contribution in [0.2, 0.25) is 20.4 Å². The topological polar surface area (TPSA) is 31.2 Å². The molecule has 0 fully saturated rings. The highest BCUT2D eigenvalue weighted by Crippen LogP contribution is 2.38. The average Bonchev–Trinajstić information content (AvgIpc) is 2.35. The Bertz CT molecular complexity index is 349. The molecule has 0 spiro atoms. The van der Waals surface area contributed by atoms with Crippen LogP contribution in [0.1, 0.15) is 0 Å². The molecule has 1 aromatic rings. The third-order valence-corrected chi connectivity index (χ3v) is 3.36. The van der Waals surface area contributed by atoms with Gasteiger partial charge >= 0.3 is 5.97 Å². The molecule has 0 aliphatic heterocycles. The molecule has 0 radical (unpaired) electrons. The molecule has 0 aliphatic carbocycles. The molecule has 1 rings (SSSR count). The molecule has 0 bridgehead atoms. The van der Waals surface area contributed by atoms with E-state index in [1.807, 2.05) is 0 Å². The van der Waals surface area contributed by atoms with Crippen LogP contribution in [0.5, 0.6) is 0 Å². The minimum Gasteiger partial charge on any atom is -0.468 e. The van der Waals surface area contributed by atoms with E-state index in [9.17, 15) is 4.79 Å². The van der Waals surface area contributed by atoms with Gasteiger partial charge in [0, 0.05) is 0 Å². The number of carbonyl (C=O) groups is 1. The van der Waals surface area contributed by atoms with Crippen LogP contribution in [-0.2, 0) is 16.1 Å². The number of esters is 1. The number of halogens is 4. The highest BCUT2D eigenvalue weighted by Gasteiger charge is 2.19. The number of methoxy groups -OCH3 is 1. The number of rotatable bonds is 2. The Hall–Kier alpha value is -0.0900. The normalized spacial score (nSPS) is 10.4. The fourth-order valence-electron chi connectivity index (χ4n) is 0.837. The maximum Gasteiger partial charge on any atom is 0.325 e. The van der Waals surface area contributed by atoms with Crippen molar-refractivity contribution in [3.05, 3.63) is 20.4 Å². The van der Waals surface area contributed by atoms with Crippen molar-refractivity contribution in [1.29, 1.82) is 0 Å². The molecule has 14 heavy (non-hydrogen) atoms. The van der Waals surface area contributed by atoms with E-state index >= 15 is 0 Å². The number of hydrogen-bond donors (Lipinski definition) is 0. The predicted molar refractivity (Wildman–Crippen MR) is 56.5 cm³/mol. The number of carbonyl (C=O) groups excluding carboxylic acids is 1. The SMILES string of the molecule is COC(=O)Cn1c(Cl)c(Cl)c(Cl)c1Cl. The molecule has 0 amide bonds. The van der Waals surface area contributed by atoms with Gasteiger partial charge in [-0.3, -0.25) is 4.79 Å². The van der Waals surface area contributed by atoms with Crippen LogP contribution in [0, 0.1) is 0 Å². The average molecular weight is 277 g/mol. The second kappa shape index (κ2) is 4.62. The van der Waals surface area contributed by atoms with Gasteiger partial charge in [-0.1, -0.05) is 46.4 Å². The van der Waals surface area contributed by atoms with Crippen molar-refractivity contribution >= 4 is 52.4 Å². The predicted octanol–water partition coefficient (Wildman–Crippen LogP) is 3.27. The molecule has 78 valence electrons. The molecule has 7 heteroatoms. The van der Waals surface area contributed by atoms with E-state index in [1.54, 1.807) is 0 Å². The van der Waals surface area contributed by atoms with Gasteiger partial charge in [-0.2, -0.15) is 0 Å². The van der Waals surface area contributed by atoms with Crippen LogP contribution in [0.4, 0.5) is 0 Å².